The standard InChI is InChI=1S/C27H34N4O/c1-3-29-16-18-31(19-17-29)27-25-7-5-4-6-22(25)20-26(28-27)21-8-10-23(11-9-21)30-14-12-24(32-2)13-15-30/h4-11,20,24H,3,12-19H2,1-2H3. The van der Waals surface area contributed by atoms with Gasteiger partial charge < -0.3 is 19.4 Å². The van der Waals surface area contributed by atoms with Crippen LogP contribution in [0, 0.1) is 0 Å². The number of hydrogen-bond donors (Lipinski definition) is 0. The average Bonchev–Trinajstić information content (AvgIpc) is 2.88. The molecule has 0 saturated carbocycles. The molecule has 0 aliphatic carbocycles. The number of aromatic nitrogens is 1. The van der Waals surface area contributed by atoms with Gasteiger partial charge in [-0.3, -0.25) is 0 Å². The summed E-state index contributed by atoms with van der Waals surface area (Å²) in [5.74, 6) is 1.12. The Bertz CT molecular complexity index is 1040. The van der Waals surface area contributed by atoms with Gasteiger partial charge in [0.25, 0.3) is 0 Å². The highest BCUT2D eigenvalue weighted by Gasteiger charge is 2.21. The molecule has 0 bridgehead atoms. The molecule has 0 spiro atoms. The molecule has 1 aromatic heterocycles. The fourth-order valence-electron chi connectivity index (χ4n) is 5.04. The Kier molecular flexibility index (Phi) is 6.28. The summed E-state index contributed by atoms with van der Waals surface area (Å²) in [5, 5.41) is 2.51. The Balaban J connectivity index is 1.42. The van der Waals surface area contributed by atoms with E-state index >= 15 is 0 Å². The number of benzene rings is 2. The molecule has 0 unspecified atom stereocenters. The molecule has 5 rings (SSSR count). The van der Waals surface area contributed by atoms with Crippen molar-refractivity contribution < 1.29 is 4.74 Å². The number of pyridine rings is 1. The van der Waals surface area contributed by atoms with Gasteiger partial charge in [-0.15, -0.1) is 0 Å². The predicted octanol–water partition coefficient (Wildman–Crippen LogP) is 4.66. The highest BCUT2D eigenvalue weighted by molar-refractivity contribution is 5.95. The van der Waals surface area contributed by atoms with Crippen molar-refractivity contribution in [1.82, 2.24) is 9.88 Å². The normalized spacial score (nSPS) is 18.4. The minimum Gasteiger partial charge on any atom is -0.381 e. The third kappa shape index (κ3) is 4.32. The van der Waals surface area contributed by atoms with Crippen LogP contribution in [0.5, 0.6) is 0 Å². The van der Waals surface area contributed by atoms with Crippen LogP contribution in [0.15, 0.2) is 54.6 Å². The topological polar surface area (TPSA) is 31.8 Å². The zero-order chi connectivity index (χ0) is 21.9. The third-order valence-corrected chi connectivity index (χ3v) is 7.14. The quantitative estimate of drug-likeness (QED) is 0.588. The fraction of sp³-hybridized carbons (Fsp3) is 0.444. The van der Waals surface area contributed by atoms with Crippen molar-refractivity contribution in [2.75, 3.05) is 62.7 Å². The molecule has 2 aliphatic rings. The second-order valence-electron chi connectivity index (χ2n) is 8.94. The number of nitrogens with zero attached hydrogens (tertiary/aromatic N) is 4. The second kappa shape index (κ2) is 9.47. The van der Waals surface area contributed by atoms with Crippen LogP contribution >= 0.6 is 0 Å². The lowest BCUT2D eigenvalue weighted by molar-refractivity contribution is 0.0819. The van der Waals surface area contributed by atoms with Gasteiger partial charge in [-0.1, -0.05) is 43.3 Å². The summed E-state index contributed by atoms with van der Waals surface area (Å²) >= 11 is 0. The lowest BCUT2D eigenvalue weighted by Gasteiger charge is -2.35. The molecule has 0 amide bonds. The van der Waals surface area contributed by atoms with E-state index in [-0.39, 0.29) is 0 Å². The number of piperazine rings is 1. The van der Waals surface area contributed by atoms with Gasteiger partial charge in [0.2, 0.25) is 0 Å². The van der Waals surface area contributed by atoms with E-state index in [0.717, 1.165) is 70.2 Å². The summed E-state index contributed by atoms with van der Waals surface area (Å²) in [6, 6.07) is 19.9. The number of ether oxygens (including phenoxy) is 1. The van der Waals surface area contributed by atoms with E-state index in [4.69, 9.17) is 9.72 Å². The van der Waals surface area contributed by atoms with Crippen molar-refractivity contribution in [3.63, 3.8) is 0 Å². The summed E-state index contributed by atoms with van der Waals surface area (Å²) in [6.45, 7) is 9.75. The first-order valence-electron chi connectivity index (χ1n) is 12.0. The monoisotopic (exact) mass is 430 g/mol. The van der Waals surface area contributed by atoms with E-state index in [0.29, 0.717) is 6.10 Å². The Morgan fingerprint density at radius 1 is 0.875 bits per heavy atom. The maximum atomic E-state index is 5.52. The minimum absolute atomic E-state index is 0.407. The lowest BCUT2D eigenvalue weighted by atomic mass is 10.0. The number of methoxy groups -OCH3 is 1. The summed E-state index contributed by atoms with van der Waals surface area (Å²) < 4.78 is 5.52. The molecule has 5 heteroatoms. The molecule has 3 aromatic rings. The largest absolute Gasteiger partial charge is 0.381 e. The molecule has 5 nitrogen and oxygen atoms in total. The second-order valence-corrected chi connectivity index (χ2v) is 8.94. The molecule has 168 valence electrons. The number of rotatable bonds is 5. The molecule has 3 heterocycles. The van der Waals surface area contributed by atoms with Crippen LogP contribution in [0.2, 0.25) is 0 Å². The zero-order valence-electron chi connectivity index (χ0n) is 19.3. The van der Waals surface area contributed by atoms with Crippen LogP contribution in [0.1, 0.15) is 19.8 Å². The lowest BCUT2D eigenvalue weighted by Crippen LogP contribution is -2.46. The molecule has 2 fully saturated rings. The molecule has 2 aromatic carbocycles. The Hall–Kier alpha value is -2.63. The molecule has 0 atom stereocenters. The molecular weight excluding hydrogens is 396 g/mol. The van der Waals surface area contributed by atoms with Gasteiger partial charge in [0.05, 0.1) is 11.8 Å². The maximum Gasteiger partial charge on any atom is 0.137 e. The molecular formula is C27H34N4O. The van der Waals surface area contributed by atoms with E-state index < -0.39 is 0 Å². The van der Waals surface area contributed by atoms with Crippen molar-refractivity contribution in [1.29, 1.82) is 0 Å². The smallest absolute Gasteiger partial charge is 0.137 e. The van der Waals surface area contributed by atoms with E-state index in [1.54, 1.807) is 0 Å². The molecule has 2 saturated heterocycles. The Labute approximate surface area is 191 Å². The minimum atomic E-state index is 0.407. The predicted molar refractivity (Wildman–Crippen MR) is 134 cm³/mol. The average molecular weight is 431 g/mol. The number of fused-ring (bicyclic) bond motifs is 1. The fourth-order valence-corrected chi connectivity index (χ4v) is 5.04. The van der Waals surface area contributed by atoms with Crippen LogP contribution in [0.3, 0.4) is 0 Å². The number of piperidine rings is 1. The van der Waals surface area contributed by atoms with Crippen molar-refractivity contribution in [3.8, 4) is 11.3 Å². The van der Waals surface area contributed by atoms with Gasteiger partial charge >= 0.3 is 0 Å². The first-order chi connectivity index (χ1) is 15.7. The van der Waals surface area contributed by atoms with E-state index in [1.807, 2.05) is 7.11 Å². The molecule has 2 aliphatic heterocycles. The highest BCUT2D eigenvalue weighted by Crippen LogP contribution is 2.32. The van der Waals surface area contributed by atoms with E-state index in [2.05, 4.69) is 76.2 Å². The maximum absolute atomic E-state index is 5.52. The van der Waals surface area contributed by atoms with Gasteiger partial charge in [-0.25, -0.2) is 4.98 Å². The van der Waals surface area contributed by atoms with Gasteiger partial charge in [-0.2, -0.15) is 0 Å². The van der Waals surface area contributed by atoms with Crippen molar-refractivity contribution in [2.45, 2.75) is 25.9 Å². The molecule has 0 radical (unpaired) electrons. The van der Waals surface area contributed by atoms with Crippen LogP contribution in [-0.4, -0.2) is 68.9 Å². The van der Waals surface area contributed by atoms with Gasteiger partial charge in [0.15, 0.2) is 0 Å². The van der Waals surface area contributed by atoms with Crippen LogP contribution in [0.25, 0.3) is 22.0 Å². The first-order valence-corrected chi connectivity index (χ1v) is 12.0. The number of hydrogen-bond acceptors (Lipinski definition) is 5. The van der Waals surface area contributed by atoms with Crippen molar-refractivity contribution >= 4 is 22.3 Å². The molecule has 32 heavy (non-hydrogen) atoms. The summed E-state index contributed by atoms with van der Waals surface area (Å²) in [5.41, 5.74) is 3.53. The SMILES string of the molecule is CCN1CCN(c2nc(-c3ccc(N4CCC(OC)CC4)cc3)cc3ccccc23)CC1. The van der Waals surface area contributed by atoms with Gasteiger partial charge in [0.1, 0.15) is 5.82 Å². The number of likely N-dealkylation sites (N-methyl/N-ethyl adjacent to an activating group) is 1. The van der Waals surface area contributed by atoms with Crippen LogP contribution in [0.4, 0.5) is 11.5 Å². The highest BCUT2D eigenvalue weighted by atomic mass is 16.5. The Morgan fingerprint density at radius 2 is 1.59 bits per heavy atom. The summed E-state index contributed by atoms with van der Waals surface area (Å²) in [4.78, 5) is 12.6. The van der Waals surface area contributed by atoms with E-state index in [9.17, 15) is 0 Å². The third-order valence-electron chi connectivity index (χ3n) is 7.14. The van der Waals surface area contributed by atoms with Crippen LogP contribution < -0.4 is 9.80 Å². The summed E-state index contributed by atoms with van der Waals surface area (Å²) in [7, 11) is 1.82. The van der Waals surface area contributed by atoms with Gasteiger partial charge in [-0.05, 0) is 43.0 Å². The van der Waals surface area contributed by atoms with Crippen molar-refractivity contribution in [3.05, 3.63) is 54.6 Å². The van der Waals surface area contributed by atoms with Crippen molar-refractivity contribution in [2.24, 2.45) is 0 Å². The summed E-state index contributed by atoms with van der Waals surface area (Å²) in [6.07, 6.45) is 2.60. The Morgan fingerprint density at radius 3 is 2.28 bits per heavy atom. The van der Waals surface area contributed by atoms with Crippen LogP contribution in [-0.2, 0) is 4.74 Å². The zero-order valence-corrected chi connectivity index (χ0v) is 19.3. The van der Waals surface area contributed by atoms with E-state index in [1.165, 1.54) is 22.0 Å². The number of anilines is 2. The molecule has 0 N–H and O–H groups in total. The first kappa shape index (κ1) is 21.2. The van der Waals surface area contributed by atoms with Gasteiger partial charge in [0, 0.05) is 63.0 Å².